The number of pyridine rings is 6. The number of carbonyl (C=O) groups is 5. The molecule has 15 rings (SSSR count). The number of thioether (sulfide) groups is 2. The van der Waals surface area contributed by atoms with E-state index in [0.717, 1.165) is 84.1 Å². The van der Waals surface area contributed by atoms with Crippen LogP contribution in [-0.4, -0.2) is 93.6 Å². The van der Waals surface area contributed by atoms with Crippen LogP contribution in [0, 0.1) is 83.1 Å². The molecule has 7 aromatic heterocycles. The molecule has 8 aromatic carbocycles. The third-order valence-corrected chi connectivity index (χ3v) is 23.4. The first kappa shape index (κ1) is 117. The van der Waals surface area contributed by atoms with E-state index in [1.54, 1.807) is 124 Å². The highest BCUT2D eigenvalue weighted by molar-refractivity contribution is 9.10. The number of hydrogen-bond donors (Lipinski definition) is 2. The van der Waals surface area contributed by atoms with Crippen LogP contribution in [0.25, 0.3) is 0 Å². The minimum atomic E-state index is -4.55. The van der Waals surface area contributed by atoms with Crippen LogP contribution in [-0.2, 0) is 47.2 Å². The van der Waals surface area contributed by atoms with Crippen LogP contribution < -0.4 is 10.6 Å². The monoisotopic (exact) mass is 2070 g/mol. The number of rotatable bonds is 22. The van der Waals surface area contributed by atoms with Crippen LogP contribution >= 0.6 is 74.3 Å². The maximum atomic E-state index is 13.0. The first-order valence-corrected chi connectivity index (χ1v) is 48.5. The molecular weight excluding hydrogens is 1960 g/mol. The fraction of sp³-hybridized carbons (Fsp3) is 0.230. The highest BCUT2D eigenvalue weighted by Crippen LogP contribution is 2.34. The average molecular weight is 2070 g/mol. The lowest BCUT2D eigenvalue weighted by Gasteiger charge is -2.18. The summed E-state index contributed by atoms with van der Waals surface area (Å²) in [5.41, 5.74) is 20.0. The van der Waals surface area contributed by atoms with Gasteiger partial charge in [-0.3, -0.25) is 53.9 Å². The van der Waals surface area contributed by atoms with Crippen molar-refractivity contribution in [3.8, 4) is 0 Å². The molecule has 0 atom stereocenters. The number of halogens is 10. The van der Waals surface area contributed by atoms with Crippen molar-refractivity contribution in [1.29, 1.82) is 0 Å². The zero-order valence-electron chi connectivity index (χ0n) is 81.4. The van der Waals surface area contributed by atoms with E-state index >= 15 is 0 Å². The van der Waals surface area contributed by atoms with Crippen LogP contribution in [0.2, 0.25) is 15.1 Å². The van der Waals surface area contributed by atoms with Crippen molar-refractivity contribution < 1.29 is 55.1 Å². The maximum absolute atomic E-state index is 13.0. The molecule has 7 heterocycles. The summed E-state index contributed by atoms with van der Waals surface area (Å²) in [5, 5.41) is 7.69. The number of Topliss-reactive ketones (excluding diaryl/α,β-unsaturated/α-hetero) is 4. The van der Waals surface area contributed by atoms with E-state index in [1.165, 1.54) is 87.4 Å². The van der Waals surface area contributed by atoms with Crippen molar-refractivity contribution in [3.05, 3.63) is 477 Å². The highest BCUT2D eigenvalue weighted by atomic mass is 79.9. The summed E-state index contributed by atoms with van der Waals surface area (Å²) in [6, 6.07) is 73.1. The van der Waals surface area contributed by atoms with E-state index in [-0.39, 0.29) is 52.4 Å². The summed E-state index contributed by atoms with van der Waals surface area (Å²) in [6.45, 7) is 31.5. The summed E-state index contributed by atoms with van der Waals surface area (Å²) in [5.74, 6) is 1.44. The Morgan fingerprint density at radius 2 is 0.837 bits per heavy atom. The molecule has 0 saturated carbocycles. The normalized spacial score (nSPS) is 10.5. The Morgan fingerprint density at radius 1 is 0.383 bits per heavy atom. The zero-order chi connectivity index (χ0) is 103. The Balaban J connectivity index is 0.000000243. The quantitative estimate of drug-likeness (QED) is 0.0475. The standard InChI is InChI=1S/C15H14ClNOS.C15H13F3N2O.C15H16N2O.C13H13N3O2.C13H12N2OS.C11H16.C9H12.C8H7F3.C7H7Br.C7H6Cl2/c1-11-2-3-13(14(16)8-11)15(18)10-19-9-12-4-6-17-7-5-12;1-10-2-3-12(13(8-10)15(16,17)18)14(21)9-20-11-4-6-19-7-5-11;1-12-3-2-4-14(9-12)15(18)11-17-10-13-5-7-16-8-6-13;1-10-6-15-13(16-7-10)12(17)9-18-8-11-2-4-14-5-3-11;1-10-2-3-12(15-8-10)13(16)17-9-11-4-6-14-7-5-11;1-9-5-7-10(8-6-9)11(2,3)4;1-7-4-5-8(2)9(3)6-7;1-6-2-4-7(5-3-6)8(9,10)11;1-6-2-4-7(8)5-3-6;1-5-2-3-6(8)7(9)4-5/h2-8H,9-10H2,1H3;2-8H,9H2,1H3,(H,19,20);2-9,17H,10-11H2,1H3;2-7H,8-9H2,1H3;2-8H,9H2,1H3;5-8H,1-4H3;4-6H,1-3H3;2-5H,1H3;2-5H,1H3;2-4H,1H3. The molecule has 0 radical (unpaired) electrons. The summed E-state index contributed by atoms with van der Waals surface area (Å²) in [6.07, 6.45) is 13.1. The van der Waals surface area contributed by atoms with Gasteiger partial charge in [0.1, 0.15) is 12.3 Å². The Bertz CT molecular complexity index is 6190. The molecule has 141 heavy (non-hydrogen) atoms. The summed E-state index contributed by atoms with van der Waals surface area (Å²) >= 11 is 23.6. The van der Waals surface area contributed by atoms with E-state index in [9.17, 15) is 50.3 Å². The Labute approximate surface area is 855 Å². The third kappa shape index (κ3) is 47.5. The number of nitrogens with one attached hydrogen (secondary N) is 2. The molecule has 0 bridgehead atoms. The predicted molar refractivity (Wildman–Crippen MR) is 566 cm³/mol. The average Bonchev–Trinajstić information content (AvgIpc) is 0.806. The number of aromatic nitrogens is 8. The van der Waals surface area contributed by atoms with Gasteiger partial charge in [-0.1, -0.05) is 232 Å². The SMILES string of the molecule is Cc1ccc(Br)cc1.Cc1ccc(C(=O)CNc2ccncc2)c(C(F)(F)F)c1.Cc1ccc(C(=O)CSCc2ccncc2)c(Cl)c1.Cc1ccc(C(=O)SCc2ccncc2)nc1.Cc1ccc(C(C)(C)C)cc1.Cc1ccc(C(F)(F)F)cc1.Cc1ccc(C)c(C)c1.Cc1ccc(Cl)c(Cl)c1.Cc1cccc(C(=O)CNCc2ccncc2)c1.Cc1cnc(C(=O)COCc2ccncc2)nc1. The largest absolute Gasteiger partial charge is 0.417 e. The van der Waals surface area contributed by atoms with Crippen LogP contribution in [0.15, 0.2) is 328 Å². The first-order chi connectivity index (χ1) is 67.0. The fourth-order valence-electron chi connectivity index (χ4n) is 11.7. The van der Waals surface area contributed by atoms with Gasteiger partial charge in [-0.25, -0.2) is 9.97 Å². The smallest absolute Gasteiger partial charge is 0.377 e. The topological polar surface area (TPSA) is 222 Å². The second-order valence-electron chi connectivity index (χ2n) is 33.4. The van der Waals surface area contributed by atoms with Crippen LogP contribution in [0.1, 0.15) is 179 Å². The Morgan fingerprint density at radius 3 is 1.32 bits per heavy atom. The van der Waals surface area contributed by atoms with Gasteiger partial charge in [-0.2, -0.15) is 26.3 Å². The maximum Gasteiger partial charge on any atom is 0.417 e. The van der Waals surface area contributed by atoms with Gasteiger partial charge in [0.15, 0.2) is 23.2 Å². The van der Waals surface area contributed by atoms with E-state index in [4.69, 9.17) is 39.5 Å². The first-order valence-electron chi connectivity index (χ1n) is 44.5. The lowest BCUT2D eigenvalue weighted by Crippen LogP contribution is -2.22. The molecule has 28 heteroatoms. The number of aryl methyl sites for hydroxylation is 12. The van der Waals surface area contributed by atoms with Gasteiger partial charge in [-0.05, 0) is 277 Å². The van der Waals surface area contributed by atoms with Gasteiger partial charge in [0.25, 0.3) is 0 Å². The summed E-state index contributed by atoms with van der Waals surface area (Å²) in [7, 11) is 0. The lowest BCUT2D eigenvalue weighted by molar-refractivity contribution is -0.138. The minimum absolute atomic E-state index is 0.00168. The summed E-state index contributed by atoms with van der Waals surface area (Å²) < 4.78 is 81.1. The van der Waals surface area contributed by atoms with Crippen molar-refractivity contribution in [2.75, 3.05) is 30.8 Å². The second-order valence-corrected chi connectivity index (χ2v) is 37.4. The molecule has 2 N–H and O–H groups in total. The Hall–Kier alpha value is -12.6. The number of ketones is 4. The molecule has 0 aliphatic heterocycles. The molecule has 0 spiro atoms. The molecular formula is C113H116BrCl3F6N10O6S2. The molecule has 0 aliphatic rings. The van der Waals surface area contributed by atoms with E-state index in [0.29, 0.717) is 68.8 Å². The number of carbonyl (C=O) groups excluding carboxylic acids is 5. The molecule has 15 aromatic rings. The second kappa shape index (κ2) is 61.9. The van der Waals surface area contributed by atoms with E-state index < -0.39 is 29.3 Å². The number of ether oxygens (including phenoxy) is 1. The molecule has 736 valence electrons. The summed E-state index contributed by atoms with van der Waals surface area (Å²) in [4.78, 5) is 91.1. The number of alkyl halides is 6. The van der Waals surface area contributed by atoms with Crippen molar-refractivity contribution >= 4 is 108 Å². The molecule has 16 nitrogen and oxygen atoms in total. The van der Waals surface area contributed by atoms with Crippen molar-refractivity contribution in [3.63, 3.8) is 0 Å². The van der Waals surface area contributed by atoms with Crippen LogP contribution in [0.4, 0.5) is 32.0 Å². The van der Waals surface area contributed by atoms with Gasteiger partial charge >= 0.3 is 12.4 Å². The molecule has 0 amide bonds. The van der Waals surface area contributed by atoms with Gasteiger partial charge < -0.3 is 15.4 Å². The fourth-order valence-corrected chi connectivity index (χ4v) is 14.3. The molecule has 0 unspecified atom stereocenters. The number of benzene rings is 8. The van der Waals surface area contributed by atoms with E-state index in [2.05, 4.69) is 176 Å². The third-order valence-electron chi connectivity index (χ3n) is 19.9. The van der Waals surface area contributed by atoms with Crippen LogP contribution in [0.3, 0.4) is 0 Å². The number of anilines is 1. The van der Waals surface area contributed by atoms with Gasteiger partial charge in [-0.15, -0.1) is 11.8 Å². The van der Waals surface area contributed by atoms with Gasteiger partial charge in [0, 0.05) is 125 Å². The van der Waals surface area contributed by atoms with Crippen LogP contribution in [0.5, 0.6) is 0 Å². The number of hydrogen-bond acceptors (Lipinski definition) is 18. The lowest BCUT2D eigenvalue weighted by atomic mass is 9.87. The molecule has 0 saturated heterocycles. The van der Waals surface area contributed by atoms with E-state index in [1.807, 2.05) is 150 Å². The van der Waals surface area contributed by atoms with Gasteiger partial charge in [0.05, 0.1) is 51.6 Å². The minimum Gasteiger partial charge on any atom is -0.377 e. The van der Waals surface area contributed by atoms with Crippen molar-refractivity contribution in [2.24, 2.45) is 0 Å². The van der Waals surface area contributed by atoms with Crippen molar-refractivity contribution in [1.82, 2.24) is 45.2 Å². The van der Waals surface area contributed by atoms with Crippen molar-refractivity contribution in [2.45, 2.75) is 146 Å². The zero-order valence-corrected chi connectivity index (χ0v) is 86.9. The van der Waals surface area contributed by atoms with Gasteiger partial charge in [0.2, 0.25) is 10.9 Å². The molecule has 0 fully saturated rings. The number of nitrogens with zero attached hydrogens (tertiary/aromatic N) is 8. The highest BCUT2D eigenvalue weighted by Gasteiger charge is 2.35. The Kier molecular flexibility index (Phi) is 51.4. The predicted octanol–water partition coefficient (Wildman–Crippen LogP) is 29.6. The molecule has 0 aliphatic carbocycles.